The van der Waals surface area contributed by atoms with Crippen LogP contribution in [0.25, 0.3) is 5.65 Å². The van der Waals surface area contributed by atoms with E-state index in [0.717, 1.165) is 37.0 Å². The van der Waals surface area contributed by atoms with Crippen LogP contribution in [-0.2, 0) is 6.54 Å². The third-order valence-corrected chi connectivity index (χ3v) is 4.41. The molecule has 1 aliphatic carbocycles. The molecule has 1 fully saturated rings. The van der Waals surface area contributed by atoms with Gasteiger partial charge in [0.15, 0.2) is 5.65 Å². The van der Waals surface area contributed by atoms with Crippen LogP contribution in [0.1, 0.15) is 36.9 Å². The summed E-state index contributed by atoms with van der Waals surface area (Å²) in [4.78, 5) is 6.93. The fraction of sp³-hybridized carbons (Fsp3) is 0.625. The lowest BCUT2D eigenvalue weighted by molar-refractivity contribution is 0.245. The van der Waals surface area contributed by atoms with Crippen LogP contribution in [0.2, 0.25) is 0 Å². The largest absolute Gasteiger partial charge is 0.311 e. The summed E-state index contributed by atoms with van der Waals surface area (Å²) in [6.07, 6.45) is 9.54. The van der Waals surface area contributed by atoms with Crippen molar-refractivity contribution in [3.05, 3.63) is 29.7 Å². The Labute approximate surface area is 126 Å². The average Bonchev–Trinajstić information content (AvgIpc) is 3.11. The normalized spacial score (nSPS) is 16.3. The second-order valence-corrected chi connectivity index (χ2v) is 6.15. The van der Waals surface area contributed by atoms with Crippen LogP contribution in [-0.4, -0.2) is 45.7 Å². The zero-order valence-electron chi connectivity index (χ0n) is 13.0. The van der Waals surface area contributed by atoms with E-state index in [1.54, 1.807) is 0 Å². The molecule has 0 saturated heterocycles. The van der Waals surface area contributed by atoms with Crippen LogP contribution < -0.4 is 5.32 Å². The van der Waals surface area contributed by atoms with Crippen LogP contribution in [0.5, 0.6) is 0 Å². The standard InChI is InChI=1S/C16H25N5/c1-13-9-16-18-11-14(12-21(16)19-13)10-17-7-8-20(2)15-5-3-4-6-15/h9,11-12,15,17H,3-8,10H2,1-2H3. The molecule has 0 unspecified atom stereocenters. The maximum Gasteiger partial charge on any atom is 0.155 e. The Morgan fingerprint density at radius 1 is 1.38 bits per heavy atom. The number of likely N-dealkylation sites (N-methyl/N-ethyl adjacent to an activating group) is 1. The van der Waals surface area contributed by atoms with Gasteiger partial charge in [0.05, 0.1) is 5.69 Å². The molecule has 5 nitrogen and oxygen atoms in total. The minimum atomic E-state index is 0.803. The van der Waals surface area contributed by atoms with E-state index < -0.39 is 0 Å². The molecule has 2 aromatic rings. The summed E-state index contributed by atoms with van der Waals surface area (Å²) in [5.41, 5.74) is 3.09. The van der Waals surface area contributed by atoms with E-state index in [4.69, 9.17) is 0 Å². The van der Waals surface area contributed by atoms with Gasteiger partial charge in [0, 0.05) is 49.7 Å². The maximum absolute atomic E-state index is 4.43. The van der Waals surface area contributed by atoms with Gasteiger partial charge in [-0.25, -0.2) is 9.50 Å². The highest BCUT2D eigenvalue weighted by Crippen LogP contribution is 2.21. The highest BCUT2D eigenvalue weighted by atomic mass is 15.2. The number of hydrogen-bond acceptors (Lipinski definition) is 4. The predicted octanol–water partition coefficient (Wildman–Crippen LogP) is 2.00. The molecule has 1 N–H and O–H groups in total. The van der Waals surface area contributed by atoms with Crippen LogP contribution in [0.3, 0.4) is 0 Å². The molecule has 21 heavy (non-hydrogen) atoms. The van der Waals surface area contributed by atoms with Crippen molar-refractivity contribution in [1.29, 1.82) is 0 Å². The summed E-state index contributed by atoms with van der Waals surface area (Å²) in [6.45, 7) is 4.97. The molecule has 0 amide bonds. The predicted molar refractivity (Wildman–Crippen MR) is 84.3 cm³/mol. The minimum Gasteiger partial charge on any atom is -0.311 e. The smallest absolute Gasteiger partial charge is 0.155 e. The molecule has 0 radical (unpaired) electrons. The molecule has 0 atom stereocenters. The average molecular weight is 287 g/mol. The number of nitrogens with one attached hydrogen (secondary N) is 1. The van der Waals surface area contributed by atoms with Gasteiger partial charge in [0.1, 0.15) is 0 Å². The number of fused-ring (bicyclic) bond motifs is 1. The lowest BCUT2D eigenvalue weighted by Crippen LogP contribution is -2.35. The van der Waals surface area contributed by atoms with Crippen molar-refractivity contribution in [2.24, 2.45) is 0 Å². The Morgan fingerprint density at radius 3 is 3.00 bits per heavy atom. The first-order chi connectivity index (χ1) is 10.2. The van der Waals surface area contributed by atoms with Crippen molar-refractivity contribution in [2.75, 3.05) is 20.1 Å². The molecule has 114 valence electrons. The van der Waals surface area contributed by atoms with Crippen molar-refractivity contribution in [1.82, 2.24) is 24.8 Å². The Balaban J connectivity index is 1.45. The molecule has 1 saturated carbocycles. The Morgan fingerprint density at radius 2 is 2.19 bits per heavy atom. The highest BCUT2D eigenvalue weighted by Gasteiger charge is 2.18. The summed E-state index contributed by atoms with van der Waals surface area (Å²) >= 11 is 0. The summed E-state index contributed by atoms with van der Waals surface area (Å²) in [6, 6.07) is 2.80. The van der Waals surface area contributed by atoms with Crippen LogP contribution in [0, 0.1) is 6.92 Å². The van der Waals surface area contributed by atoms with Gasteiger partial charge >= 0.3 is 0 Å². The highest BCUT2D eigenvalue weighted by molar-refractivity contribution is 5.38. The topological polar surface area (TPSA) is 45.5 Å². The van der Waals surface area contributed by atoms with Crippen molar-refractivity contribution < 1.29 is 0 Å². The van der Waals surface area contributed by atoms with E-state index in [0.29, 0.717) is 0 Å². The molecular formula is C16H25N5. The second kappa shape index (κ2) is 6.54. The lowest BCUT2D eigenvalue weighted by atomic mass is 10.2. The fourth-order valence-electron chi connectivity index (χ4n) is 3.14. The van der Waals surface area contributed by atoms with Gasteiger partial charge in [0.25, 0.3) is 0 Å². The molecule has 0 aliphatic heterocycles. The molecule has 0 spiro atoms. The monoisotopic (exact) mass is 287 g/mol. The number of nitrogens with zero attached hydrogens (tertiary/aromatic N) is 4. The van der Waals surface area contributed by atoms with Crippen molar-refractivity contribution >= 4 is 5.65 Å². The van der Waals surface area contributed by atoms with Gasteiger partial charge < -0.3 is 10.2 Å². The number of aryl methyl sites for hydroxylation is 1. The van der Waals surface area contributed by atoms with E-state index in [-0.39, 0.29) is 0 Å². The van der Waals surface area contributed by atoms with Crippen LogP contribution in [0.4, 0.5) is 0 Å². The van der Waals surface area contributed by atoms with Gasteiger partial charge in [-0.1, -0.05) is 12.8 Å². The second-order valence-electron chi connectivity index (χ2n) is 6.15. The lowest BCUT2D eigenvalue weighted by Gasteiger charge is -2.23. The molecule has 0 aromatic carbocycles. The van der Waals surface area contributed by atoms with E-state index in [2.05, 4.69) is 33.5 Å². The molecule has 1 aliphatic rings. The Hall–Kier alpha value is -1.46. The zero-order valence-corrected chi connectivity index (χ0v) is 13.0. The van der Waals surface area contributed by atoms with Crippen molar-refractivity contribution in [3.8, 4) is 0 Å². The van der Waals surface area contributed by atoms with E-state index >= 15 is 0 Å². The van der Waals surface area contributed by atoms with Gasteiger partial charge in [0.2, 0.25) is 0 Å². The van der Waals surface area contributed by atoms with Gasteiger partial charge in [-0.2, -0.15) is 5.10 Å². The Bertz CT molecular complexity index is 585. The first-order valence-electron chi connectivity index (χ1n) is 7.94. The first-order valence-corrected chi connectivity index (χ1v) is 7.94. The third kappa shape index (κ3) is 3.60. The molecule has 0 bridgehead atoms. The third-order valence-electron chi connectivity index (χ3n) is 4.41. The number of rotatable bonds is 6. The van der Waals surface area contributed by atoms with Crippen LogP contribution in [0.15, 0.2) is 18.5 Å². The van der Waals surface area contributed by atoms with Gasteiger partial charge in [-0.05, 0) is 26.8 Å². The fourth-order valence-corrected chi connectivity index (χ4v) is 3.14. The van der Waals surface area contributed by atoms with Gasteiger partial charge in [-0.15, -0.1) is 0 Å². The Kier molecular flexibility index (Phi) is 4.51. The molecule has 3 rings (SSSR count). The minimum absolute atomic E-state index is 0.803. The number of hydrogen-bond donors (Lipinski definition) is 1. The molecule has 2 aromatic heterocycles. The molecular weight excluding hydrogens is 262 g/mol. The van der Waals surface area contributed by atoms with E-state index in [1.807, 2.05) is 23.7 Å². The quantitative estimate of drug-likeness (QED) is 0.826. The molecule has 5 heteroatoms. The van der Waals surface area contributed by atoms with E-state index in [1.165, 1.54) is 31.2 Å². The summed E-state index contributed by atoms with van der Waals surface area (Å²) in [5, 5.41) is 7.91. The summed E-state index contributed by atoms with van der Waals surface area (Å²) in [7, 11) is 2.25. The van der Waals surface area contributed by atoms with Crippen molar-refractivity contribution in [2.45, 2.75) is 45.2 Å². The maximum atomic E-state index is 4.43. The van der Waals surface area contributed by atoms with Crippen molar-refractivity contribution in [3.63, 3.8) is 0 Å². The summed E-state index contributed by atoms with van der Waals surface area (Å²) < 4.78 is 1.86. The molecule has 2 heterocycles. The summed E-state index contributed by atoms with van der Waals surface area (Å²) in [5.74, 6) is 0. The van der Waals surface area contributed by atoms with Gasteiger partial charge in [-0.3, -0.25) is 0 Å². The number of aromatic nitrogens is 3. The zero-order chi connectivity index (χ0) is 14.7. The van der Waals surface area contributed by atoms with E-state index in [9.17, 15) is 0 Å². The first kappa shape index (κ1) is 14.5. The SMILES string of the molecule is Cc1cc2ncc(CNCCN(C)C3CCCC3)cn2n1. The van der Waals surface area contributed by atoms with Crippen LogP contribution >= 0.6 is 0 Å².